The number of carbonyl (C=O) groups excluding carboxylic acids is 2. The predicted octanol–water partition coefficient (Wildman–Crippen LogP) is 3.71. The maximum absolute atomic E-state index is 12.5. The minimum atomic E-state index is -4.41. The molecule has 0 spiro atoms. The van der Waals surface area contributed by atoms with Gasteiger partial charge >= 0.3 is 6.18 Å². The van der Waals surface area contributed by atoms with E-state index in [9.17, 15) is 22.8 Å². The van der Waals surface area contributed by atoms with Gasteiger partial charge < -0.3 is 16.0 Å². The van der Waals surface area contributed by atoms with Crippen LogP contribution in [0.1, 0.15) is 12.5 Å². The third-order valence-corrected chi connectivity index (χ3v) is 3.15. The van der Waals surface area contributed by atoms with Crippen LogP contribution in [0.15, 0.2) is 48.5 Å². The minimum Gasteiger partial charge on any atom is -0.376 e. The first-order chi connectivity index (χ1) is 11.7. The summed E-state index contributed by atoms with van der Waals surface area (Å²) < 4.78 is 37.4. The molecule has 0 aliphatic heterocycles. The molecule has 0 saturated heterocycles. The zero-order valence-electron chi connectivity index (χ0n) is 13.3. The van der Waals surface area contributed by atoms with E-state index in [0.29, 0.717) is 11.4 Å². The Morgan fingerprint density at radius 2 is 1.32 bits per heavy atom. The van der Waals surface area contributed by atoms with E-state index >= 15 is 0 Å². The number of benzene rings is 2. The van der Waals surface area contributed by atoms with Crippen molar-refractivity contribution in [2.24, 2.45) is 0 Å². The summed E-state index contributed by atoms with van der Waals surface area (Å²) in [6.45, 7) is 1.35. The summed E-state index contributed by atoms with van der Waals surface area (Å²) in [6.07, 6.45) is -4.41. The number of halogens is 3. The van der Waals surface area contributed by atoms with E-state index in [0.717, 1.165) is 12.1 Å². The second-order valence-corrected chi connectivity index (χ2v) is 5.24. The maximum Gasteiger partial charge on any atom is 0.416 e. The molecule has 25 heavy (non-hydrogen) atoms. The molecule has 0 saturated carbocycles. The molecular weight excluding hydrogens is 335 g/mol. The summed E-state index contributed by atoms with van der Waals surface area (Å²) >= 11 is 0. The lowest BCUT2D eigenvalue weighted by atomic mass is 10.2. The van der Waals surface area contributed by atoms with Crippen LogP contribution in [0.2, 0.25) is 0 Å². The SMILES string of the molecule is CC(=O)Nc1ccc(NCC(=O)Nc2ccc(C(F)(F)F)cc2)cc1. The van der Waals surface area contributed by atoms with Gasteiger partial charge in [-0.1, -0.05) is 0 Å². The first kappa shape index (κ1) is 18.3. The van der Waals surface area contributed by atoms with E-state index < -0.39 is 17.6 Å². The molecule has 0 fully saturated rings. The van der Waals surface area contributed by atoms with Gasteiger partial charge in [0.2, 0.25) is 11.8 Å². The molecule has 2 rings (SSSR count). The molecule has 0 bridgehead atoms. The second-order valence-electron chi connectivity index (χ2n) is 5.24. The lowest BCUT2D eigenvalue weighted by Crippen LogP contribution is -2.21. The molecule has 2 amide bonds. The van der Waals surface area contributed by atoms with Crippen molar-refractivity contribution in [1.29, 1.82) is 0 Å². The number of nitrogens with one attached hydrogen (secondary N) is 3. The molecule has 0 aliphatic rings. The standard InChI is InChI=1S/C17H16F3N3O2/c1-11(24)22-14-8-6-13(7-9-14)21-10-16(25)23-15-4-2-12(3-5-15)17(18,19)20/h2-9,21H,10H2,1H3,(H,22,24)(H,23,25). The molecule has 0 heterocycles. The van der Waals surface area contributed by atoms with Gasteiger partial charge in [0.1, 0.15) is 0 Å². The number of hydrogen-bond acceptors (Lipinski definition) is 3. The van der Waals surface area contributed by atoms with Gasteiger partial charge in [-0.25, -0.2) is 0 Å². The first-order valence-electron chi connectivity index (χ1n) is 7.33. The van der Waals surface area contributed by atoms with Crippen molar-refractivity contribution < 1.29 is 22.8 Å². The van der Waals surface area contributed by atoms with Crippen LogP contribution in [-0.2, 0) is 15.8 Å². The van der Waals surface area contributed by atoms with Crippen LogP contribution in [0.5, 0.6) is 0 Å². The minimum absolute atomic E-state index is 0.0551. The molecule has 0 radical (unpaired) electrons. The fraction of sp³-hybridized carbons (Fsp3) is 0.176. The van der Waals surface area contributed by atoms with Gasteiger partial charge in [0.15, 0.2) is 0 Å². The van der Waals surface area contributed by atoms with Crippen LogP contribution in [0.4, 0.5) is 30.2 Å². The monoisotopic (exact) mass is 351 g/mol. The zero-order chi connectivity index (χ0) is 18.4. The van der Waals surface area contributed by atoms with E-state index in [4.69, 9.17) is 0 Å². The van der Waals surface area contributed by atoms with Gasteiger partial charge in [0.05, 0.1) is 12.1 Å². The molecule has 3 N–H and O–H groups in total. The molecule has 0 aliphatic carbocycles. The highest BCUT2D eigenvalue weighted by atomic mass is 19.4. The van der Waals surface area contributed by atoms with Crippen molar-refractivity contribution >= 4 is 28.9 Å². The second kappa shape index (κ2) is 7.69. The van der Waals surface area contributed by atoms with Gasteiger partial charge in [0, 0.05) is 24.0 Å². The maximum atomic E-state index is 12.5. The van der Waals surface area contributed by atoms with Crippen LogP contribution in [0.3, 0.4) is 0 Å². The van der Waals surface area contributed by atoms with Crippen molar-refractivity contribution in [3.63, 3.8) is 0 Å². The van der Waals surface area contributed by atoms with Crippen molar-refractivity contribution in [1.82, 2.24) is 0 Å². The Morgan fingerprint density at radius 3 is 1.84 bits per heavy atom. The smallest absolute Gasteiger partial charge is 0.376 e. The predicted molar refractivity (Wildman–Crippen MR) is 89.3 cm³/mol. The fourth-order valence-corrected chi connectivity index (χ4v) is 2.00. The lowest BCUT2D eigenvalue weighted by Gasteiger charge is -2.10. The van der Waals surface area contributed by atoms with E-state index in [1.165, 1.54) is 19.1 Å². The number of hydrogen-bond donors (Lipinski definition) is 3. The number of amides is 2. The fourth-order valence-electron chi connectivity index (χ4n) is 2.00. The Hall–Kier alpha value is -3.03. The van der Waals surface area contributed by atoms with E-state index in [-0.39, 0.29) is 18.1 Å². The quantitative estimate of drug-likeness (QED) is 0.769. The third kappa shape index (κ3) is 5.83. The van der Waals surface area contributed by atoms with E-state index in [1.807, 2.05) is 0 Å². The molecule has 2 aromatic carbocycles. The van der Waals surface area contributed by atoms with E-state index in [1.54, 1.807) is 24.3 Å². The van der Waals surface area contributed by atoms with Gasteiger partial charge in [-0.2, -0.15) is 13.2 Å². The van der Waals surface area contributed by atoms with Crippen molar-refractivity contribution in [2.45, 2.75) is 13.1 Å². The van der Waals surface area contributed by atoms with Crippen LogP contribution in [0, 0.1) is 0 Å². The van der Waals surface area contributed by atoms with Gasteiger partial charge in [-0.15, -0.1) is 0 Å². The third-order valence-electron chi connectivity index (χ3n) is 3.15. The number of rotatable bonds is 5. The van der Waals surface area contributed by atoms with Crippen molar-refractivity contribution in [3.8, 4) is 0 Å². The van der Waals surface area contributed by atoms with Crippen molar-refractivity contribution in [3.05, 3.63) is 54.1 Å². The summed E-state index contributed by atoms with van der Waals surface area (Å²) in [5.41, 5.74) is 0.799. The Bertz CT molecular complexity index is 741. The molecule has 2 aromatic rings. The highest BCUT2D eigenvalue weighted by Gasteiger charge is 2.29. The average molecular weight is 351 g/mol. The Balaban J connectivity index is 1.85. The molecule has 0 atom stereocenters. The van der Waals surface area contributed by atoms with Crippen LogP contribution >= 0.6 is 0 Å². The summed E-state index contributed by atoms with van der Waals surface area (Å²) in [5, 5.41) is 8.00. The van der Waals surface area contributed by atoms with Gasteiger partial charge in [0.25, 0.3) is 0 Å². The molecular formula is C17H16F3N3O2. The topological polar surface area (TPSA) is 70.2 Å². The molecule has 8 heteroatoms. The highest BCUT2D eigenvalue weighted by molar-refractivity contribution is 5.94. The Morgan fingerprint density at radius 1 is 0.840 bits per heavy atom. The summed E-state index contributed by atoms with van der Waals surface area (Å²) in [6, 6.07) is 10.9. The van der Waals surface area contributed by atoms with Crippen LogP contribution in [0.25, 0.3) is 0 Å². The van der Waals surface area contributed by atoms with Gasteiger partial charge in [-0.05, 0) is 48.5 Å². The zero-order valence-corrected chi connectivity index (χ0v) is 13.3. The molecule has 132 valence electrons. The molecule has 0 unspecified atom stereocenters. The summed E-state index contributed by atoms with van der Waals surface area (Å²) in [4.78, 5) is 22.7. The Labute approximate surface area is 142 Å². The highest BCUT2D eigenvalue weighted by Crippen LogP contribution is 2.29. The first-order valence-corrected chi connectivity index (χ1v) is 7.33. The average Bonchev–Trinajstić information content (AvgIpc) is 2.53. The number of alkyl halides is 3. The van der Waals surface area contributed by atoms with E-state index in [2.05, 4.69) is 16.0 Å². The number of carbonyl (C=O) groups is 2. The summed E-state index contributed by atoms with van der Waals surface area (Å²) in [5.74, 6) is -0.581. The molecule has 5 nitrogen and oxygen atoms in total. The van der Waals surface area contributed by atoms with Crippen LogP contribution < -0.4 is 16.0 Å². The van der Waals surface area contributed by atoms with Crippen LogP contribution in [-0.4, -0.2) is 18.4 Å². The lowest BCUT2D eigenvalue weighted by molar-refractivity contribution is -0.137. The largest absolute Gasteiger partial charge is 0.416 e. The normalized spacial score (nSPS) is 10.9. The molecule has 0 aromatic heterocycles. The number of anilines is 3. The van der Waals surface area contributed by atoms with Gasteiger partial charge in [-0.3, -0.25) is 9.59 Å². The summed E-state index contributed by atoms with van der Waals surface area (Å²) in [7, 11) is 0. The Kier molecular flexibility index (Phi) is 5.63. The van der Waals surface area contributed by atoms with Crippen molar-refractivity contribution in [2.75, 3.05) is 22.5 Å².